The van der Waals surface area contributed by atoms with E-state index in [1.165, 1.54) is 13.0 Å². The summed E-state index contributed by atoms with van der Waals surface area (Å²) in [5, 5.41) is 31.1. The molecule has 0 aliphatic heterocycles. The summed E-state index contributed by atoms with van der Waals surface area (Å²) >= 11 is 0.720. The smallest absolute Gasteiger partial charge is 0.331 e. The maximum Gasteiger partial charge on any atom is 0.331 e. The van der Waals surface area contributed by atoms with Crippen LogP contribution in [0.2, 0.25) is 0 Å². The first-order chi connectivity index (χ1) is 14.7. The molecule has 0 fully saturated rings. The molecule has 32 heavy (non-hydrogen) atoms. The fourth-order valence-electron chi connectivity index (χ4n) is 2.95. The Bertz CT molecular complexity index is 1170. The highest BCUT2D eigenvalue weighted by Gasteiger charge is 2.29. The lowest BCUT2D eigenvalue weighted by Gasteiger charge is -2.22. The van der Waals surface area contributed by atoms with Gasteiger partial charge in [-0.1, -0.05) is 27.7 Å². The van der Waals surface area contributed by atoms with Crippen molar-refractivity contribution >= 4 is 33.0 Å². The van der Waals surface area contributed by atoms with Gasteiger partial charge >= 0.3 is 6.03 Å². The first kappa shape index (κ1) is 25.7. The maximum atomic E-state index is 14.9. The lowest BCUT2D eigenvalue weighted by atomic mass is 9.90. The van der Waals surface area contributed by atoms with Crippen LogP contribution in [0.15, 0.2) is 16.5 Å². The third-order valence-corrected chi connectivity index (χ3v) is 7.81. The second-order valence-electron chi connectivity index (χ2n) is 8.07. The number of nitrogens with one attached hydrogen (secondary N) is 3. The minimum absolute atomic E-state index is 0.0375. The van der Waals surface area contributed by atoms with E-state index >= 15 is 0 Å². The number of hydrogen-bond donors (Lipinski definition) is 5. The summed E-state index contributed by atoms with van der Waals surface area (Å²) in [6.07, 6.45) is 1.08. The number of thiazole rings is 1. The van der Waals surface area contributed by atoms with Crippen LogP contribution in [0.5, 0.6) is 0 Å². The van der Waals surface area contributed by atoms with Crippen LogP contribution in [0.25, 0.3) is 0 Å². The number of carbonyl (C=O) groups is 1. The molecule has 0 spiro atoms. The minimum Gasteiger partial charge on any atom is -0.393 e. The Labute approximate surface area is 190 Å². The molecule has 0 saturated carbocycles. The van der Waals surface area contributed by atoms with Gasteiger partial charge in [0.25, 0.3) is 0 Å². The third-order valence-electron chi connectivity index (χ3n) is 4.66. The molecule has 0 radical (unpaired) electrons. The van der Waals surface area contributed by atoms with Crippen molar-refractivity contribution in [3.8, 4) is 6.07 Å². The van der Waals surface area contributed by atoms with Crippen LogP contribution >= 0.6 is 11.3 Å². The van der Waals surface area contributed by atoms with Gasteiger partial charge in [-0.15, -0.1) is 11.3 Å². The van der Waals surface area contributed by atoms with Gasteiger partial charge in [-0.25, -0.2) is 27.9 Å². The number of halogens is 1. The third kappa shape index (κ3) is 5.24. The number of aliphatic hydroxyl groups excluding tert-OH is 1. The monoisotopic (exact) mass is 483 g/mol. The predicted octanol–water partition coefficient (Wildman–Crippen LogP) is 3.74. The molecule has 1 aromatic carbocycles. The van der Waals surface area contributed by atoms with Gasteiger partial charge in [0, 0.05) is 5.56 Å². The topological polar surface area (TPSA) is 159 Å². The zero-order chi connectivity index (χ0) is 24.4. The molecule has 1 heterocycles. The first-order valence-corrected chi connectivity index (χ1v) is 12.1. The van der Waals surface area contributed by atoms with Crippen LogP contribution in [0.1, 0.15) is 68.2 Å². The Morgan fingerprint density at radius 1 is 1.41 bits per heavy atom. The Morgan fingerprint density at radius 3 is 2.53 bits per heavy atom. The summed E-state index contributed by atoms with van der Waals surface area (Å²) in [6.45, 7) is 7.75. The number of amides is 2. The van der Waals surface area contributed by atoms with Gasteiger partial charge in [0.15, 0.2) is 9.92 Å². The lowest BCUT2D eigenvalue weighted by molar-refractivity contribution is -0.00244. The molecule has 2 amide bonds. The van der Waals surface area contributed by atoms with Crippen molar-refractivity contribution in [3.05, 3.63) is 39.8 Å². The van der Waals surface area contributed by atoms with E-state index in [0.717, 1.165) is 17.5 Å². The minimum atomic E-state index is -3.86. The molecular formula is C20H26FN5O4S2. The second kappa shape index (κ2) is 9.50. The van der Waals surface area contributed by atoms with Gasteiger partial charge < -0.3 is 15.5 Å². The van der Waals surface area contributed by atoms with Crippen molar-refractivity contribution in [1.29, 1.82) is 10.0 Å². The number of hydrogen-bond acceptors (Lipinski definition) is 8. The summed E-state index contributed by atoms with van der Waals surface area (Å²) in [7, 11) is -3.86. The van der Waals surface area contributed by atoms with E-state index in [0.29, 0.717) is 5.56 Å². The number of urea groups is 1. The molecule has 9 nitrogen and oxygen atoms in total. The van der Waals surface area contributed by atoms with Crippen LogP contribution in [-0.4, -0.2) is 32.0 Å². The van der Waals surface area contributed by atoms with Gasteiger partial charge in [0.05, 0.1) is 24.1 Å². The lowest BCUT2D eigenvalue weighted by Crippen LogP contribution is -2.34. The number of nitrogens with zero attached hydrogens (tertiary/aromatic N) is 2. The van der Waals surface area contributed by atoms with Gasteiger partial charge in [0.2, 0.25) is 0 Å². The first-order valence-electron chi connectivity index (χ1n) is 9.68. The molecule has 2 aromatic rings. The van der Waals surface area contributed by atoms with Gasteiger partial charge in [-0.05, 0) is 30.4 Å². The number of carbonyl (C=O) groups excluding carboxylic acids is 1. The number of nitriles is 1. The molecule has 174 valence electrons. The Kier molecular flexibility index (Phi) is 7.62. The van der Waals surface area contributed by atoms with Crippen molar-refractivity contribution in [2.45, 2.75) is 56.3 Å². The summed E-state index contributed by atoms with van der Waals surface area (Å²) in [6, 6.07) is 2.19. The maximum absolute atomic E-state index is 14.9. The highest BCUT2D eigenvalue weighted by atomic mass is 32.2. The van der Waals surface area contributed by atoms with Gasteiger partial charge in [-0.3, -0.25) is 0 Å². The highest BCUT2D eigenvalue weighted by molar-refractivity contribution is 7.93. The van der Waals surface area contributed by atoms with E-state index in [-0.39, 0.29) is 37.9 Å². The number of anilines is 1. The molecule has 1 aromatic heterocycles. The van der Waals surface area contributed by atoms with E-state index < -0.39 is 34.0 Å². The van der Waals surface area contributed by atoms with Gasteiger partial charge in [0.1, 0.15) is 26.7 Å². The fourth-order valence-corrected chi connectivity index (χ4v) is 5.08. The molecule has 2 atom stereocenters. The standard InChI is InChI=1S/C20H26FN5O4S2/c1-10(2)13-6-12(7-22)16(21)15(11(3)4)17(13)25-19(28)26-32(23,30)14-8-24-18(31-14)20(5,29)9-27/h6,8,10-11,27,29H,9H2,1-5H3,(H3,23,25,26,28,30). The zero-order valence-corrected chi connectivity index (χ0v) is 19.9. The van der Waals surface area contributed by atoms with Crippen LogP contribution < -0.4 is 10.0 Å². The van der Waals surface area contributed by atoms with E-state index in [9.17, 15) is 28.9 Å². The average molecular weight is 484 g/mol. The number of aliphatic hydroxyl groups is 2. The Balaban J connectivity index is 2.41. The highest BCUT2D eigenvalue weighted by Crippen LogP contribution is 2.36. The molecule has 2 unspecified atom stereocenters. The number of aromatic nitrogens is 1. The van der Waals surface area contributed by atoms with Crippen LogP contribution in [-0.2, 0) is 15.5 Å². The summed E-state index contributed by atoms with van der Waals surface area (Å²) in [5.41, 5.74) is -0.997. The predicted molar refractivity (Wildman–Crippen MR) is 119 cm³/mol. The summed E-state index contributed by atoms with van der Waals surface area (Å²) < 4.78 is 37.7. The number of benzene rings is 1. The molecular weight excluding hydrogens is 457 g/mol. The zero-order valence-electron chi connectivity index (χ0n) is 18.3. The van der Waals surface area contributed by atoms with Gasteiger partial charge in [-0.2, -0.15) is 5.26 Å². The molecule has 0 bridgehead atoms. The molecule has 0 aliphatic carbocycles. The Hall–Kier alpha value is -2.59. The quantitative estimate of drug-likeness (QED) is 0.403. The van der Waals surface area contributed by atoms with Crippen molar-refractivity contribution in [2.75, 3.05) is 11.9 Å². The van der Waals surface area contributed by atoms with Crippen LogP contribution in [0, 0.1) is 21.9 Å². The molecule has 2 rings (SSSR count). The largest absolute Gasteiger partial charge is 0.393 e. The van der Waals surface area contributed by atoms with Crippen LogP contribution in [0.4, 0.5) is 14.9 Å². The molecule has 0 saturated heterocycles. The van der Waals surface area contributed by atoms with E-state index in [2.05, 4.69) is 15.0 Å². The van der Waals surface area contributed by atoms with Crippen LogP contribution in [0.3, 0.4) is 0 Å². The number of rotatable bonds is 7. The van der Waals surface area contributed by atoms with E-state index in [4.69, 9.17) is 4.78 Å². The average Bonchev–Trinajstić information content (AvgIpc) is 3.19. The summed E-state index contributed by atoms with van der Waals surface area (Å²) in [4.78, 5) is 16.5. The fraction of sp³-hybridized carbons (Fsp3) is 0.450. The SMILES string of the molecule is CC(C)c1cc(C#N)c(F)c(C(C)C)c1NC(=O)NS(=N)(=O)c1cnc(C(C)(O)CO)s1. The molecule has 12 heteroatoms. The van der Waals surface area contributed by atoms with E-state index in [1.807, 2.05) is 19.9 Å². The molecule has 0 aliphatic rings. The van der Waals surface area contributed by atoms with Crippen molar-refractivity contribution in [2.24, 2.45) is 0 Å². The van der Waals surface area contributed by atoms with Crippen molar-refractivity contribution in [3.63, 3.8) is 0 Å². The Morgan fingerprint density at radius 2 is 2.03 bits per heavy atom. The summed E-state index contributed by atoms with van der Waals surface area (Å²) in [5.74, 6) is -1.28. The molecule has 5 N–H and O–H groups in total. The van der Waals surface area contributed by atoms with Crippen molar-refractivity contribution < 1.29 is 23.6 Å². The van der Waals surface area contributed by atoms with E-state index in [1.54, 1.807) is 13.8 Å². The van der Waals surface area contributed by atoms with Crippen molar-refractivity contribution in [1.82, 2.24) is 9.71 Å². The normalized spacial score (nSPS) is 15.2. The second-order valence-corrected chi connectivity index (χ2v) is 11.1.